The van der Waals surface area contributed by atoms with Gasteiger partial charge in [0, 0.05) is 16.6 Å². The highest BCUT2D eigenvalue weighted by Gasteiger charge is 2.12. The Hall–Kier alpha value is -3.86. The van der Waals surface area contributed by atoms with E-state index in [1.165, 1.54) is 0 Å². The fraction of sp³-hybridized carbons (Fsp3) is 0.0435. The SMILES string of the molecule is O=C(CNc1ccc(-c2nc3ccccc3o2)cc1)c1cc2ccccc2o1. The summed E-state index contributed by atoms with van der Waals surface area (Å²) in [6, 6.07) is 24.6. The Kier molecular flexibility index (Phi) is 3.91. The van der Waals surface area contributed by atoms with E-state index in [0.29, 0.717) is 17.2 Å². The highest BCUT2D eigenvalue weighted by Crippen LogP contribution is 2.25. The second kappa shape index (κ2) is 6.70. The molecule has 0 saturated heterocycles. The number of nitrogens with zero attached hydrogens (tertiary/aromatic N) is 1. The van der Waals surface area contributed by atoms with Crippen LogP contribution in [-0.4, -0.2) is 17.3 Å². The van der Waals surface area contributed by atoms with Crippen LogP contribution in [0.1, 0.15) is 10.6 Å². The molecule has 1 N–H and O–H groups in total. The third-order valence-electron chi connectivity index (χ3n) is 4.58. The first-order chi connectivity index (χ1) is 13.8. The molecule has 0 fully saturated rings. The summed E-state index contributed by atoms with van der Waals surface area (Å²) in [6.07, 6.45) is 0. The number of benzene rings is 3. The van der Waals surface area contributed by atoms with E-state index < -0.39 is 0 Å². The fourth-order valence-corrected chi connectivity index (χ4v) is 3.12. The van der Waals surface area contributed by atoms with E-state index in [1.54, 1.807) is 6.07 Å². The highest BCUT2D eigenvalue weighted by atomic mass is 16.3. The second-order valence-corrected chi connectivity index (χ2v) is 6.49. The van der Waals surface area contributed by atoms with Crippen LogP contribution in [0.4, 0.5) is 5.69 Å². The van der Waals surface area contributed by atoms with E-state index >= 15 is 0 Å². The quantitative estimate of drug-likeness (QED) is 0.413. The van der Waals surface area contributed by atoms with Crippen molar-refractivity contribution < 1.29 is 13.6 Å². The zero-order chi connectivity index (χ0) is 18.9. The number of carbonyl (C=O) groups is 1. The molecule has 0 aliphatic rings. The first kappa shape index (κ1) is 16.3. The number of rotatable bonds is 5. The molecule has 0 unspecified atom stereocenters. The minimum absolute atomic E-state index is 0.0979. The summed E-state index contributed by atoms with van der Waals surface area (Å²) >= 11 is 0. The fourth-order valence-electron chi connectivity index (χ4n) is 3.12. The molecule has 0 bridgehead atoms. The van der Waals surface area contributed by atoms with Gasteiger partial charge >= 0.3 is 0 Å². The number of Topliss-reactive ketones (excluding diaryl/α,β-unsaturated/α-hetero) is 1. The average Bonchev–Trinajstić information content (AvgIpc) is 3.36. The number of carbonyl (C=O) groups excluding carboxylic acids is 1. The minimum atomic E-state index is -0.0979. The number of para-hydroxylation sites is 3. The predicted octanol–water partition coefficient (Wildman–Crippen LogP) is 5.54. The summed E-state index contributed by atoms with van der Waals surface area (Å²) < 4.78 is 11.4. The summed E-state index contributed by atoms with van der Waals surface area (Å²) in [6.45, 7) is 0.155. The van der Waals surface area contributed by atoms with E-state index in [9.17, 15) is 4.79 Å². The van der Waals surface area contributed by atoms with Crippen molar-refractivity contribution in [1.82, 2.24) is 4.98 Å². The molecule has 5 rings (SSSR count). The van der Waals surface area contributed by atoms with Gasteiger partial charge in [0.15, 0.2) is 11.3 Å². The number of hydrogen-bond donors (Lipinski definition) is 1. The molecule has 0 radical (unpaired) electrons. The number of ketones is 1. The summed E-state index contributed by atoms with van der Waals surface area (Å²) in [4.78, 5) is 16.9. The van der Waals surface area contributed by atoms with Crippen LogP contribution in [0.2, 0.25) is 0 Å². The number of anilines is 1. The molecule has 3 aromatic carbocycles. The molecule has 28 heavy (non-hydrogen) atoms. The summed E-state index contributed by atoms with van der Waals surface area (Å²) in [5.41, 5.74) is 4.02. The standard InChI is InChI=1S/C23H16N2O3/c26-19(22-13-16-5-1-3-7-20(16)27-22)14-24-17-11-9-15(10-12-17)23-25-18-6-2-4-8-21(18)28-23/h1-13,24H,14H2. The van der Waals surface area contributed by atoms with Gasteiger partial charge in [0.1, 0.15) is 11.1 Å². The molecule has 0 aliphatic carbocycles. The molecule has 0 aliphatic heterocycles. The summed E-state index contributed by atoms with van der Waals surface area (Å²) in [7, 11) is 0. The normalized spacial score (nSPS) is 11.1. The van der Waals surface area contributed by atoms with E-state index in [2.05, 4.69) is 10.3 Å². The van der Waals surface area contributed by atoms with E-state index in [4.69, 9.17) is 8.83 Å². The van der Waals surface area contributed by atoms with Crippen molar-refractivity contribution in [1.29, 1.82) is 0 Å². The molecule has 136 valence electrons. The minimum Gasteiger partial charge on any atom is -0.453 e. The highest BCUT2D eigenvalue weighted by molar-refractivity contribution is 6.00. The van der Waals surface area contributed by atoms with Crippen LogP contribution in [0.5, 0.6) is 0 Å². The molecule has 2 aromatic heterocycles. The molecular weight excluding hydrogens is 352 g/mol. The van der Waals surface area contributed by atoms with Crippen LogP contribution in [-0.2, 0) is 0 Å². The Morgan fingerprint density at radius 1 is 0.857 bits per heavy atom. The van der Waals surface area contributed by atoms with Gasteiger partial charge in [-0.05, 0) is 48.5 Å². The topological polar surface area (TPSA) is 68.3 Å². The maximum absolute atomic E-state index is 12.4. The largest absolute Gasteiger partial charge is 0.453 e. The van der Waals surface area contributed by atoms with Crippen LogP contribution in [0.3, 0.4) is 0 Å². The monoisotopic (exact) mass is 368 g/mol. The Morgan fingerprint density at radius 2 is 1.61 bits per heavy atom. The van der Waals surface area contributed by atoms with E-state index in [0.717, 1.165) is 27.7 Å². The predicted molar refractivity (Wildman–Crippen MR) is 108 cm³/mol. The molecule has 5 nitrogen and oxygen atoms in total. The van der Waals surface area contributed by atoms with Gasteiger partial charge in [0.25, 0.3) is 0 Å². The van der Waals surface area contributed by atoms with Gasteiger partial charge in [-0.3, -0.25) is 4.79 Å². The van der Waals surface area contributed by atoms with Crippen LogP contribution in [0, 0.1) is 0 Å². The molecule has 0 atom stereocenters. The van der Waals surface area contributed by atoms with Gasteiger partial charge in [-0.15, -0.1) is 0 Å². The Balaban J connectivity index is 1.28. The van der Waals surface area contributed by atoms with Crippen LogP contribution < -0.4 is 5.32 Å². The summed E-state index contributed by atoms with van der Waals surface area (Å²) in [5.74, 6) is 0.835. The molecule has 0 spiro atoms. The van der Waals surface area contributed by atoms with Crippen molar-refractivity contribution in [3.05, 3.63) is 84.6 Å². The number of oxazole rings is 1. The third-order valence-corrected chi connectivity index (χ3v) is 4.58. The van der Waals surface area contributed by atoms with E-state index in [-0.39, 0.29) is 12.3 Å². The lowest BCUT2D eigenvalue weighted by atomic mass is 10.2. The maximum atomic E-state index is 12.4. The van der Waals surface area contributed by atoms with Crippen molar-refractivity contribution in [3.8, 4) is 11.5 Å². The van der Waals surface area contributed by atoms with Crippen molar-refractivity contribution in [3.63, 3.8) is 0 Å². The number of hydrogen-bond acceptors (Lipinski definition) is 5. The average molecular weight is 368 g/mol. The number of nitrogens with one attached hydrogen (secondary N) is 1. The van der Waals surface area contributed by atoms with Crippen LogP contribution in [0.15, 0.2) is 87.7 Å². The molecular formula is C23H16N2O3. The molecule has 2 heterocycles. The van der Waals surface area contributed by atoms with Crippen molar-refractivity contribution in [2.75, 3.05) is 11.9 Å². The first-order valence-electron chi connectivity index (χ1n) is 8.98. The smallest absolute Gasteiger partial charge is 0.227 e. The number of furan rings is 1. The number of fused-ring (bicyclic) bond motifs is 2. The number of aromatic nitrogens is 1. The van der Waals surface area contributed by atoms with Crippen LogP contribution >= 0.6 is 0 Å². The van der Waals surface area contributed by atoms with Crippen molar-refractivity contribution in [2.45, 2.75) is 0 Å². The zero-order valence-corrected chi connectivity index (χ0v) is 14.9. The molecule has 5 heteroatoms. The third kappa shape index (κ3) is 3.03. The molecule has 5 aromatic rings. The van der Waals surface area contributed by atoms with E-state index in [1.807, 2.05) is 72.8 Å². The lowest BCUT2D eigenvalue weighted by Gasteiger charge is -2.05. The van der Waals surface area contributed by atoms with Gasteiger partial charge in [0.2, 0.25) is 11.7 Å². The van der Waals surface area contributed by atoms with Gasteiger partial charge in [-0.2, -0.15) is 0 Å². The lowest BCUT2D eigenvalue weighted by Crippen LogP contribution is -2.13. The maximum Gasteiger partial charge on any atom is 0.227 e. The Labute approximate surface area is 160 Å². The van der Waals surface area contributed by atoms with Gasteiger partial charge in [-0.25, -0.2) is 4.98 Å². The van der Waals surface area contributed by atoms with Crippen molar-refractivity contribution >= 4 is 33.5 Å². The van der Waals surface area contributed by atoms with Gasteiger partial charge in [0.05, 0.1) is 6.54 Å². The Bertz CT molecular complexity index is 1220. The molecule has 0 amide bonds. The Morgan fingerprint density at radius 3 is 2.39 bits per heavy atom. The molecule has 0 saturated carbocycles. The summed E-state index contributed by atoms with van der Waals surface area (Å²) in [5, 5.41) is 4.06. The van der Waals surface area contributed by atoms with Crippen molar-refractivity contribution in [2.24, 2.45) is 0 Å². The lowest BCUT2D eigenvalue weighted by molar-refractivity contribution is 0.0982. The van der Waals surface area contributed by atoms with Crippen LogP contribution in [0.25, 0.3) is 33.5 Å². The first-order valence-corrected chi connectivity index (χ1v) is 8.98. The van der Waals surface area contributed by atoms with Gasteiger partial charge < -0.3 is 14.2 Å². The zero-order valence-electron chi connectivity index (χ0n) is 14.9. The second-order valence-electron chi connectivity index (χ2n) is 6.49. The van der Waals surface area contributed by atoms with Gasteiger partial charge in [-0.1, -0.05) is 30.3 Å².